The number of hydrogen-bond donors (Lipinski definition) is 12. The number of phenolic OH excluding ortho intramolecular Hbond substituents is 10. The van der Waals surface area contributed by atoms with Crippen LogP contribution in [0.1, 0.15) is 59.5 Å². The van der Waals surface area contributed by atoms with Crippen molar-refractivity contribution < 1.29 is 65.9 Å². The molecule has 0 saturated carbocycles. The summed E-state index contributed by atoms with van der Waals surface area (Å²) in [6.07, 6.45) is 0. The summed E-state index contributed by atoms with van der Waals surface area (Å²) >= 11 is 0. The predicted molar refractivity (Wildman–Crippen MR) is 169 cm³/mol. The number of Topliss-reactive ketones (excluding diaryl/α,β-unsaturated/α-hetero) is 2. The van der Waals surface area contributed by atoms with Gasteiger partial charge in [-0.2, -0.15) is 0 Å². The maximum Gasteiger partial charge on any atom is 0.200 e. The smallest absolute Gasteiger partial charge is 0.200 e. The maximum absolute atomic E-state index is 10.8. The zero-order valence-corrected chi connectivity index (χ0v) is 25.5. The summed E-state index contributed by atoms with van der Waals surface area (Å²) in [5, 5.41) is 108. The quantitative estimate of drug-likeness (QED) is 0.0463. The third-order valence-electron chi connectivity index (χ3n) is 5.90. The molecule has 4 rings (SSSR count). The number of oxime groups is 1. The third-order valence-corrected chi connectivity index (χ3v) is 5.90. The average Bonchev–Trinajstić information content (AvgIpc) is 3.01. The zero-order valence-electron chi connectivity index (χ0n) is 25.5. The van der Waals surface area contributed by atoms with Crippen LogP contribution in [0.2, 0.25) is 0 Å². The van der Waals surface area contributed by atoms with E-state index in [0.29, 0.717) is 22.4 Å². The predicted octanol–water partition coefficient (Wildman–Crippen LogP) is 4.79. The molecule has 0 fully saturated rings. The average molecular weight is 655 g/mol. The minimum atomic E-state index is -0.611. The molecule has 12 N–H and O–H groups in total. The normalized spacial score (nSPS) is 10.2. The van der Waals surface area contributed by atoms with Crippen LogP contribution in [0.3, 0.4) is 0 Å². The lowest BCUT2D eigenvalue weighted by molar-refractivity contribution is 0.100. The Bertz CT molecular complexity index is 1690. The number of phenols is 10. The molecule has 0 radical (unpaired) electrons. The highest BCUT2D eigenvalue weighted by atomic mass is 16.4. The topological polar surface area (TPSA) is 293 Å². The molecule has 15 heteroatoms. The second-order valence-corrected chi connectivity index (χ2v) is 9.56. The molecule has 0 aliphatic carbocycles. The highest BCUT2D eigenvalue weighted by Crippen LogP contribution is 2.36. The Morgan fingerprint density at radius 3 is 1.11 bits per heavy atom. The van der Waals surface area contributed by atoms with E-state index in [0.717, 1.165) is 12.1 Å². The Morgan fingerprint density at radius 1 is 0.468 bits per heavy atom. The molecule has 250 valence electrons. The first kappa shape index (κ1) is 38.4. The molecule has 0 spiro atoms. The van der Waals surface area contributed by atoms with Crippen LogP contribution in [0, 0.1) is 5.41 Å². The first-order valence-corrected chi connectivity index (χ1v) is 13.1. The summed E-state index contributed by atoms with van der Waals surface area (Å²) in [7, 11) is 0. The van der Waals surface area contributed by atoms with Gasteiger partial charge in [0.1, 0.15) is 0 Å². The standard InChI is InChI=1S/2C8H9NO3.C8H8O4.C8H8O3/c1-4(9)5-2-6(10)8(12)7(11)3-5;1-5(9-12)6-2-3-7(10)8(11)4-6;1-4(9)5-2-6(10)8(12)7(11)3-5;1-5(9)6-2-3-7(10)8(11)4-6/h2-3,9-12H,1H3;2-4,10-12H,1H3;2-3,10-12H,1H3;2-4,10-11H,1H3/b;9-5-;;. The fourth-order valence-corrected chi connectivity index (χ4v) is 3.18. The minimum Gasteiger partial charge on any atom is -0.504 e. The van der Waals surface area contributed by atoms with Crippen LogP contribution in [-0.4, -0.2) is 79.3 Å². The third kappa shape index (κ3) is 11.4. The van der Waals surface area contributed by atoms with E-state index in [4.69, 9.17) is 61.7 Å². The summed E-state index contributed by atoms with van der Waals surface area (Å²) in [6.45, 7) is 5.80. The van der Waals surface area contributed by atoms with E-state index < -0.39 is 34.5 Å². The molecule has 47 heavy (non-hydrogen) atoms. The molecule has 0 atom stereocenters. The molecular formula is C32H34N2O13. The first-order valence-electron chi connectivity index (χ1n) is 13.1. The number of carbonyl (C=O) groups excluding carboxylic acids is 2. The fraction of sp³-hybridized carbons (Fsp3) is 0.125. The Morgan fingerprint density at radius 2 is 0.787 bits per heavy atom. The minimum absolute atomic E-state index is 0.139. The van der Waals surface area contributed by atoms with Gasteiger partial charge in [0.2, 0.25) is 0 Å². The molecule has 0 bridgehead atoms. The van der Waals surface area contributed by atoms with Gasteiger partial charge in [0.25, 0.3) is 0 Å². The van der Waals surface area contributed by atoms with Crippen molar-refractivity contribution in [2.75, 3.05) is 0 Å². The summed E-state index contributed by atoms with van der Waals surface area (Å²) in [5.41, 5.74) is 2.07. The van der Waals surface area contributed by atoms with Crippen LogP contribution in [-0.2, 0) is 0 Å². The van der Waals surface area contributed by atoms with Gasteiger partial charge >= 0.3 is 0 Å². The lowest BCUT2D eigenvalue weighted by Crippen LogP contribution is -1.93. The SMILES string of the molecule is C/C(=N/O)c1ccc(O)c(O)c1.CC(=N)c1cc(O)c(O)c(O)c1.CC(=O)c1cc(O)c(O)c(O)c1.CC(=O)c1ccc(O)c(O)c1. The molecular weight excluding hydrogens is 620 g/mol. The Balaban J connectivity index is 0.000000314. The summed E-state index contributed by atoms with van der Waals surface area (Å²) in [5.74, 6) is -4.33. The summed E-state index contributed by atoms with van der Waals surface area (Å²) in [4.78, 5) is 21.5. The van der Waals surface area contributed by atoms with Crippen molar-refractivity contribution in [2.24, 2.45) is 5.16 Å². The van der Waals surface area contributed by atoms with Crippen LogP contribution >= 0.6 is 0 Å². The molecule has 0 unspecified atom stereocenters. The Kier molecular flexibility index (Phi) is 13.9. The largest absolute Gasteiger partial charge is 0.504 e. The summed E-state index contributed by atoms with van der Waals surface area (Å²) in [6, 6.07) is 12.8. The molecule has 0 saturated heterocycles. The van der Waals surface area contributed by atoms with Crippen LogP contribution in [0.25, 0.3) is 0 Å². The van der Waals surface area contributed by atoms with Gasteiger partial charge in [-0.25, -0.2) is 0 Å². The first-order chi connectivity index (χ1) is 21.8. The van der Waals surface area contributed by atoms with E-state index in [-0.39, 0.29) is 45.8 Å². The van der Waals surface area contributed by atoms with Crippen molar-refractivity contribution in [2.45, 2.75) is 27.7 Å². The van der Waals surface area contributed by atoms with Gasteiger partial charge in [0, 0.05) is 28.0 Å². The fourth-order valence-electron chi connectivity index (χ4n) is 3.18. The van der Waals surface area contributed by atoms with Crippen LogP contribution in [0.5, 0.6) is 57.5 Å². The van der Waals surface area contributed by atoms with Crippen LogP contribution < -0.4 is 0 Å². The molecule has 4 aromatic carbocycles. The monoisotopic (exact) mass is 654 g/mol. The van der Waals surface area contributed by atoms with Crippen molar-refractivity contribution in [3.63, 3.8) is 0 Å². The lowest BCUT2D eigenvalue weighted by atomic mass is 10.1. The van der Waals surface area contributed by atoms with E-state index >= 15 is 0 Å². The van der Waals surface area contributed by atoms with Crippen molar-refractivity contribution in [1.82, 2.24) is 0 Å². The number of nitrogens with zero attached hydrogens (tertiary/aromatic N) is 1. The van der Waals surface area contributed by atoms with Gasteiger partial charge < -0.3 is 61.7 Å². The second-order valence-electron chi connectivity index (χ2n) is 9.56. The Labute approximate surface area is 267 Å². The van der Waals surface area contributed by atoms with Gasteiger partial charge in [-0.15, -0.1) is 0 Å². The summed E-state index contributed by atoms with van der Waals surface area (Å²) < 4.78 is 0. The number of rotatable bonds is 4. The molecule has 0 aromatic heterocycles. The molecule has 0 aliphatic rings. The second kappa shape index (κ2) is 17.0. The zero-order chi connectivity index (χ0) is 36.2. The molecule has 0 aliphatic heterocycles. The van der Waals surface area contributed by atoms with Crippen molar-refractivity contribution in [3.8, 4) is 57.5 Å². The Hall–Kier alpha value is -6.64. The van der Waals surface area contributed by atoms with Gasteiger partial charge in [-0.3, -0.25) is 9.59 Å². The van der Waals surface area contributed by atoms with Crippen molar-refractivity contribution in [1.29, 1.82) is 5.41 Å². The molecule has 4 aromatic rings. The molecule has 0 heterocycles. The van der Waals surface area contributed by atoms with Gasteiger partial charge in [0.05, 0.1) is 5.71 Å². The van der Waals surface area contributed by atoms with E-state index in [2.05, 4.69) is 5.16 Å². The maximum atomic E-state index is 10.8. The van der Waals surface area contributed by atoms with Crippen molar-refractivity contribution in [3.05, 3.63) is 82.9 Å². The van der Waals surface area contributed by atoms with Gasteiger partial charge in [-0.05, 0) is 88.4 Å². The van der Waals surface area contributed by atoms with Gasteiger partial charge in [-0.1, -0.05) is 5.16 Å². The van der Waals surface area contributed by atoms with Crippen LogP contribution in [0.4, 0.5) is 0 Å². The van der Waals surface area contributed by atoms with Crippen molar-refractivity contribution >= 4 is 23.0 Å². The van der Waals surface area contributed by atoms with E-state index in [9.17, 15) is 9.59 Å². The number of aromatic hydroxyl groups is 10. The van der Waals surface area contributed by atoms with Crippen LogP contribution in [0.15, 0.2) is 65.8 Å². The van der Waals surface area contributed by atoms with E-state index in [1.165, 1.54) is 63.2 Å². The number of benzene rings is 4. The molecule has 0 amide bonds. The highest BCUT2D eigenvalue weighted by Gasteiger charge is 2.10. The number of carbonyl (C=O) groups is 2. The molecule has 15 nitrogen and oxygen atoms in total. The number of hydrogen-bond acceptors (Lipinski definition) is 15. The highest BCUT2D eigenvalue weighted by molar-refractivity contribution is 5.99. The van der Waals surface area contributed by atoms with Gasteiger partial charge in [0.15, 0.2) is 69.1 Å². The number of nitrogens with one attached hydrogen (secondary N) is 1. The lowest BCUT2D eigenvalue weighted by Gasteiger charge is -2.03. The number of ketones is 2. The van der Waals surface area contributed by atoms with E-state index in [1.807, 2.05) is 0 Å². The van der Waals surface area contributed by atoms with E-state index in [1.54, 1.807) is 13.0 Å².